The number of hydrogen-bond acceptors (Lipinski definition) is 4. The largest absolute Gasteiger partial charge is 0.308 e. The van der Waals surface area contributed by atoms with Crippen LogP contribution in [0.25, 0.3) is 11.2 Å². The van der Waals surface area contributed by atoms with Crippen LogP contribution >= 0.6 is 50.1 Å². The van der Waals surface area contributed by atoms with Crippen LogP contribution in [0.15, 0.2) is 43.5 Å². The first-order chi connectivity index (χ1) is 14.9. The minimum Gasteiger partial charge on any atom is -0.308 e. The number of allylic oxidation sites excluding steroid dienone is 1. The molecule has 0 radical (unpaired) electrons. The van der Waals surface area contributed by atoms with E-state index in [1.54, 1.807) is 6.21 Å². The average molecular weight is 609 g/mol. The Morgan fingerprint density at radius 3 is 2.77 bits per heavy atom. The normalized spacial score (nSPS) is 18.2. The first kappa shape index (κ1) is 22.4. The third-order valence-corrected chi connectivity index (χ3v) is 8.51. The SMILES string of the molecule is CCCCc1nc2c(C)ccnc2n1Cc1ccc(C2(C#N)N=CC(Br)=C2I)c(Cl)c1. The zero-order chi connectivity index (χ0) is 22.2. The van der Waals surface area contributed by atoms with E-state index in [0.717, 1.165) is 55.4 Å². The minimum absolute atomic E-state index is 0.524. The zero-order valence-electron chi connectivity index (χ0n) is 17.2. The predicted molar refractivity (Wildman–Crippen MR) is 137 cm³/mol. The molecule has 0 fully saturated rings. The Labute approximate surface area is 208 Å². The van der Waals surface area contributed by atoms with Crippen LogP contribution in [0.4, 0.5) is 0 Å². The van der Waals surface area contributed by atoms with Crippen LogP contribution in [0.3, 0.4) is 0 Å². The van der Waals surface area contributed by atoms with Crippen LogP contribution in [0, 0.1) is 18.3 Å². The van der Waals surface area contributed by atoms with Gasteiger partial charge in [0.1, 0.15) is 17.4 Å². The van der Waals surface area contributed by atoms with Gasteiger partial charge in [0.25, 0.3) is 0 Å². The van der Waals surface area contributed by atoms with Gasteiger partial charge in [-0.1, -0.05) is 37.1 Å². The van der Waals surface area contributed by atoms with Crippen LogP contribution in [0.1, 0.15) is 42.3 Å². The molecule has 0 N–H and O–H groups in total. The second kappa shape index (κ2) is 9.00. The van der Waals surface area contributed by atoms with Crippen molar-refractivity contribution in [1.29, 1.82) is 5.26 Å². The summed E-state index contributed by atoms with van der Waals surface area (Å²) in [6, 6.07) is 10.2. The molecule has 3 aromatic rings. The molecule has 31 heavy (non-hydrogen) atoms. The maximum atomic E-state index is 9.92. The Morgan fingerprint density at radius 1 is 1.32 bits per heavy atom. The molecule has 0 saturated heterocycles. The maximum Gasteiger partial charge on any atom is 0.204 e. The van der Waals surface area contributed by atoms with E-state index in [4.69, 9.17) is 16.6 Å². The summed E-state index contributed by atoms with van der Waals surface area (Å²) in [5.41, 5.74) is 3.58. The second-order valence-electron chi connectivity index (χ2n) is 7.57. The van der Waals surface area contributed by atoms with Gasteiger partial charge in [0.2, 0.25) is 5.54 Å². The highest BCUT2D eigenvalue weighted by atomic mass is 127. The van der Waals surface area contributed by atoms with Crippen LogP contribution in [-0.4, -0.2) is 20.7 Å². The Balaban J connectivity index is 1.74. The van der Waals surface area contributed by atoms with Crippen molar-refractivity contribution >= 4 is 67.5 Å². The van der Waals surface area contributed by atoms with Crippen LogP contribution in [0.2, 0.25) is 5.02 Å². The molecule has 0 saturated carbocycles. The Morgan fingerprint density at radius 2 is 2.13 bits per heavy atom. The smallest absolute Gasteiger partial charge is 0.204 e. The number of rotatable bonds is 6. The number of unbranched alkanes of at least 4 members (excludes halogenated alkanes) is 1. The summed E-state index contributed by atoms with van der Waals surface area (Å²) in [6.45, 7) is 4.86. The number of benzene rings is 1. The van der Waals surface area contributed by atoms with E-state index < -0.39 is 5.54 Å². The molecule has 158 valence electrons. The van der Waals surface area contributed by atoms with Gasteiger partial charge < -0.3 is 4.57 Å². The molecule has 3 heterocycles. The fourth-order valence-electron chi connectivity index (χ4n) is 3.77. The highest BCUT2D eigenvalue weighted by Gasteiger charge is 2.41. The van der Waals surface area contributed by atoms with Gasteiger partial charge in [0.15, 0.2) is 5.65 Å². The highest BCUT2D eigenvalue weighted by molar-refractivity contribution is 14.1. The molecule has 0 amide bonds. The van der Waals surface area contributed by atoms with E-state index in [2.05, 4.69) is 73.0 Å². The minimum atomic E-state index is -1.10. The molecule has 1 aliphatic heterocycles. The number of halogens is 3. The van der Waals surface area contributed by atoms with Gasteiger partial charge in [0.05, 0.1) is 10.1 Å². The first-order valence-corrected chi connectivity index (χ1v) is 12.3. The third kappa shape index (κ3) is 3.94. The number of nitriles is 1. The lowest BCUT2D eigenvalue weighted by atomic mass is 9.92. The molecular weight excluding hydrogens is 589 g/mol. The summed E-state index contributed by atoms with van der Waals surface area (Å²) >= 11 is 12.3. The number of aromatic nitrogens is 3. The molecule has 0 bridgehead atoms. The molecule has 4 rings (SSSR count). The molecule has 1 unspecified atom stereocenters. The lowest BCUT2D eigenvalue weighted by Crippen LogP contribution is -2.20. The summed E-state index contributed by atoms with van der Waals surface area (Å²) in [4.78, 5) is 13.9. The average Bonchev–Trinajstić information content (AvgIpc) is 3.26. The van der Waals surface area contributed by atoms with Crippen molar-refractivity contribution < 1.29 is 0 Å². The summed E-state index contributed by atoms with van der Waals surface area (Å²) < 4.78 is 3.79. The molecule has 8 heteroatoms. The molecule has 2 aromatic heterocycles. The van der Waals surface area contributed by atoms with E-state index in [1.165, 1.54) is 0 Å². The third-order valence-electron chi connectivity index (χ3n) is 5.49. The summed E-state index contributed by atoms with van der Waals surface area (Å²) in [7, 11) is 0. The van der Waals surface area contributed by atoms with Crippen LogP contribution in [-0.2, 0) is 18.5 Å². The van der Waals surface area contributed by atoms with Gasteiger partial charge in [-0.3, -0.25) is 4.99 Å². The topological polar surface area (TPSA) is 66.9 Å². The van der Waals surface area contributed by atoms with E-state index in [9.17, 15) is 5.26 Å². The van der Waals surface area contributed by atoms with Crippen LogP contribution in [0.5, 0.6) is 0 Å². The quantitative estimate of drug-likeness (QED) is 0.295. The van der Waals surface area contributed by atoms with Gasteiger partial charge in [-0.2, -0.15) is 5.26 Å². The number of fused-ring (bicyclic) bond motifs is 1. The number of hydrogen-bond donors (Lipinski definition) is 0. The fourth-order valence-corrected chi connectivity index (χ4v) is 5.19. The zero-order valence-corrected chi connectivity index (χ0v) is 21.7. The summed E-state index contributed by atoms with van der Waals surface area (Å²) in [5.74, 6) is 1.04. The van der Waals surface area contributed by atoms with Crippen molar-refractivity contribution in [3.05, 3.63) is 66.1 Å². The Hall–Kier alpha value is -1.76. The molecule has 0 spiro atoms. The van der Waals surface area contributed by atoms with Gasteiger partial charge >= 0.3 is 0 Å². The second-order valence-corrected chi connectivity index (χ2v) is 9.91. The van der Waals surface area contributed by atoms with Crippen molar-refractivity contribution in [1.82, 2.24) is 14.5 Å². The number of pyridine rings is 1. The van der Waals surface area contributed by atoms with Crippen molar-refractivity contribution in [3.63, 3.8) is 0 Å². The van der Waals surface area contributed by atoms with Crippen molar-refractivity contribution in [2.24, 2.45) is 4.99 Å². The predicted octanol–water partition coefficient (Wildman–Crippen LogP) is 6.63. The molecular formula is C23H20BrClIN5. The Kier molecular flexibility index (Phi) is 6.52. The molecule has 1 atom stereocenters. The van der Waals surface area contributed by atoms with Crippen molar-refractivity contribution in [2.75, 3.05) is 0 Å². The van der Waals surface area contributed by atoms with E-state index >= 15 is 0 Å². The van der Waals surface area contributed by atoms with E-state index in [-0.39, 0.29) is 0 Å². The summed E-state index contributed by atoms with van der Waals surface area (Å²) in [5, 5.41) is 10.4. The first-order valence-electron chi connectivity index (χ1n) is 10.0. The van der Waals surface area contributed by atoms with Gasteiger partial charge in [0, 0.05) is 33.9 Å². The van der Waals surface area contributed by atoms with E-state index in [1.807, 2.05) is 30.5 Å². The molecule has 0 aliphatic carbocycles. The molecule has 1 aliphatic rings. The van der Waals surface area contributed by atoms with Crippen molar-refractivity contribution in [2.45, 2.75) is 45.2 Å². The van der Waals surface area contributed by atoms with Crippen LogP contribution < -0.4 is 0 Å². The number of nitrogens with zero attached hydrogens (tertiary/aromatic N) is 5. The number of aliphatic imine (C=N–C) groups is 1. The van der Waals surface area contributed by atoms with Gasteiger partial charge in [-0.05, 0) is 75.1 Å². The van der Waals surface area contributed by atoms with E-state index in [0.29, 0.717) is 17.1 Å². The maximum absolute atomic E-state index is 9.92. The highest BCUT2D eigenvalue weighted by Crippen LogP contribution is 2.46. The molecule has 1 aromatic carbocycles. The standard InChI is InChI=1S/C23H20BrClIN5/c1-3-4-5-19-30-20-14(2)8-9-28-22(20)31(19)12-15-6-7-16(18(25)10-15)23(13-27)21(26)17(24)11-29-23/h6-11H,3-5,12H2,1-2H3. The van der Waals surface area contributed by atoms with Gasteiger partial charge in [-0.15, -0.1) is 0 Å². The monoisotopic (exact) mass is 607 g/mol. The van der Waals surface area contributed by atoms with Crippen molar-refractivity contribution in [3.8, 4) is 6.07 Å². The lowest BCUT2D eigenvalue weighted by Gasteiger charge is -2.21. The Bertz CT molecular complexity index is 1270. The lowest BCUT2D eigenvalue weighted by molar-refractivity contribution is 0.685. The van der Waals surface area contributed by atoms with Gasteiger partial charge in [-0.25, -0.2) is 9.97 Å². The fraction of sp³-hybridized carbons (Fsp3) is 0.304. The summed E-state index contributed by atoms with van der Waals surface area (Å²) in [6.07, 6.45) is 6.58. The number of aryl methyl sites for hydroxylation is 2. The number of imidazole rings is 1. The molecule has 5 nitrogen and oxygen atoms in total.